The first-order valence-corrected chi connectivity index (χ1v) is 8.93. The van der Waals surface area contributed by atoms with Crippen LogP contribution in [0.15, 0.2) is 30.3 Å². The summed E-state index contributed by atoms with van der Waals surface area (Å²) < 4.78 is 21.9. The van der Waals surface area contributed by atoms with Crippen molar-refractivity contribution in [2.45, 2.75) is 20.0 Å². The summed E-state index contributed by atoms with van der Waals surface area (Å²) in [5, 5.41) is 0. The number of aromatic nitrogens is 3. The van der Waals surface area contributed by atoms with Crippen molar-refractivity contribution in [1.82, 2.24) is 15.0 Å². The summed E-state index contributed by atoms with van der Waals surface area (Å²) in [6, 6.07) is 9.30. The molecule has 8 nitrogen and oxygen atoms in total. The predicted molar refractivity (Wildman–Crippen MR) is 107 cm³/mol. The van der Waals surface area contributed by atoms with Gasteiger partial charge < -0.3 is 24.7 Å². The van der Waals surface area contributed by atoms with Crippen LogP contribution >= 0.6 is 0 Å². The highest BCUT2D eigenvalue weighted by Gasteiger charge is 2.13. The van der Waals surface area contributed by atoms with E-state index in [1.54, 1.807) is 14.2 Å². The number of nitrogens with zero attached hydrogens (tertiary/aromatic N) is 3. The largest absolute Gasteiger partial charge is 0.493 e. The fourth-order valence-electron chi connectivity index (χ4n) is 2.68. The number of rotatable bonds is 8. The van der Waals surface area contributed by atoms with Crippen LogP contribution in [0.4, 0.5) is 5.95 Å². The van der Waals surface area contributed by atoms with Crippen molar-refractivity contribution < 1.29 is 18.9 Å². The van der Waals surface area contributed by atoms with Crippen LogP contribution in [-0.2, 0) is 4.74 Å². The Morgan fingerprint density at radius 3 is 2.43 bits per heavy atom. The number of hydrogen-bond donors (Lipinski definition) is 1. The molecule has 0 atom stereocenters. The van der Waals surface area contributed by atoms with Gasteiger partial charge in [0, 0.05) is 5.56 Å². The van der Waals surface area contributed by atoms with E-state index < -0.39 is 0 Å². The molecule has 0 spiro atoms. The zero-order valence-electron chi connectivity index (χ0n) is 16.4. The molecular formula is C20H24N4O4. The van der Waals surface area contributed by atoms with E-state index in [0.717, 1.165) is 11.3 Å². The lowest BCUT2D eigenvalue weighted by atomic mass is 10.1. The van der Waals surface area contributed by atoms with E-state index >= 15 is 0 Å². The van der Waals surface area contributed by atoms with Crippen LogP contribution in [0.3, 0.4) is 0 Å². The van der Waals surface area contributed by atoms with Crippen LogP contribution in [0, 0.1) is 0 Å². The lowest BCUT2D eigenvalue weighted by Crippen LogP contribution is -2.12. The minimum atomic E-state index is 0.130. The number of benzene rings is 1. The number of methoxy groups -OCH3 is 2. The van der Waals surface area contributed by atoms with Gasteiger partial charge in [-0.15, -0.1) is 0 Å². The molecule has 2 heterocycles. The van der Waals surface area contributed by atoms with Gasteiger partial charge in [-0.1, -0.05) is 0 Å². The molecule has 0 saturated carbocycles. The highest BCUT2D eigenvalue weighted by atomic mass is 16.5. The average molecular weight is 384 g/mol. The lowest BCUT2D eigenvalue weighted by Gasteiger charge is -2.12. The van der Waals surface area contributed by atoms with Gasteiger partial charge in [-0.3, -0.25) is 0 Å². The summed E-state index contributed by atoms with van der Waals surface area (Å²) in [7, 11) is 3.19. The van der Waals surface area contributed by atoms with E-state index in [4.69, 9.17) is 24.7 Å². The highest BCUT2D eigenvalue weighted by molar-refractivity contribution is 5.83. The number of ether oxygens (including phenoxy) is 4. The molecule has 2 aromatic heterocycles. The van der Waals surface area contributed by atoms with Crippen molar-refractivity contribution in [1.29, 1.82) is 0 Å². The molecule has 0 bridgehead atoms. The first-order chi connectivity index (χ1) is 13.5. The van der Waals surface area contributed by atoms with Crippen LogP contribution in [0.1, 0.15) is 13.8 Å². The standard InChI is InChI=1S/C20H24N4O4/c1-12(2)27-9-10-28-19-18-15(23-20(21)24-19)7-6-14(22-18)13-5-8-16(25-3)17(11-13)26-4/h5-8,11-12H,9-10H2,1-4H3,(H2,21,23,24). The summed E-state index contributed by atoms with van der Waals surface area (Å²) in [5.74, 6) is 1.74. The molecule has 0 radical (unpaired) electrons. The Morgan fingerprint density at radius 2 is 1.71 bits per heavy atom. The van der Waals surface area contributed by atoms with Crippen LogP contribution < -0.4 is 19.9 Å². The molecule has 0 aliphatic rings. The van der Waals surface area contributed by atoms with E-state index in [-0.39, 0.29) is 12.1 Å². The number of anilines is 1. The molecule has 28 heavy (non-hydrogen) atoms. The van der Waals surface area contributed by atoms with Crippen molar-refractivity contribution in [3.05, 3.63) is 30.3 Å². The molecule has 2 N–H and O–H groups in total. The number of nitrogens with two attached hydrogens (primary N) is 1. The van der Waals surface area contributed by atoms with Gasteiger partial charge in [0.05, 0.1) is 38.1 Å². The summed E-state index contributed by atoms with van der Waals surface area (Å²) in [5.41, 5.74) is 8.54. The van der Waals surface area contributed by atoms with Crippen molar-refractivity contribution in [3.63, 3.8) is 0 Å². The van der Waals surface area contributed by atoms with Gasteiger partial charge in [-0.25, -0.2) is 9.97 Å². The molecule has 8 heteroatoms. The summed E-state index contributed by atoms with van der Waals surface area (Å²) in [6.07, 6.45) is 0.130. The molecule has 0 aliphatic carbocycles. The number of nitrogen functional groups attached to an aromatic ring is 1. The van der Waals surface area contributed by atoms with Crippen molar-refractivity contribution >= 4 is 17.0 Å². The molecule has 0 amide bonds. The van der Waals surface area contributed by atoms with Crippen molar-refractivity contribution in [3.8, 4) is 28.6 Å². The van der Waals surface area contributed by atoms with Crippen LogP contribution in [0.2, 0.25) is 0 Å². The van der Waals surface area contributed by atoms with Crippen molar-refractivity contribution in [2.75, 3.05) is 33.2 Å². The monoisotopic (exact) mass is 384 g/mol. The van der Waals surface area contributed by atoms with Gasteiger partial charge in [0.2, 0.25) is 11.8 Å². The second-order valence-electron chi connectivity index (χ2n) is 6.29. The Hall–Kier alpha value is -3.13. The van der Waals surface area contributed by atoms with E-state index in [1.807, 2.05) is 44.2 Å². The molecule has 3 aromatic rings. The summed E-state index contributed by atoms with van der Waals surface area (Å²) in [6.45, 7) is 4.72. The van der Waals surface area contributed by atoms with Crippen molar-refractivity contribution in [2.24, 2.45) is 0 Å². The number of hydrogen-bond acceptors (Lipinski definition) is 8. The van der Waals surface area contributed by atoms with Crippen LogP contribution in [0.25, 0.3) is 22.3 Å². The molecule has 0 aliphatic heterocycles. The average Bonchev–Trinajstić information content (AvgIpc) is 2.70. The third-order valence-corrected chi connectivity index (χ3v) is 3.98. The topological polar surface area (TPSA) is 102 Å². The molecule has 1 aromatic carbocycles. The highest BCUT2D eigenvalue weighted by Crippen LogP contribution is 2.33. The Kier molecular flexibility index (Phi) is 6.10. The van der Waals surface area contributed by atoms with Gasteiger partial charge in [0.15, 0.2) is 17.0 Å². The molecular weight excluding hydrogens is 360 g/mol. The zero-order chi connectivity index (χ0) is 20.1. The minimum absolute atomic E-state index is 0.130. The van der Waals surface area contributed by atoms with Gasteiger partial charge in [-0.2, -0.15) is 4.98 Å². The maximum Gasteiger partial charge on any atom is 0.245 e. The summed E-state index contributed by atoms with van der Waals surface area (Å²) in [4.78, 5) is 13.1. The SMILES string of the molecule is COc1ccc(-c2ccc3nc(N)nc(OCCOC(C)C)c3n2)cc1OC. The van der Waals surface area contributed by atoms with Gasteiger partial charge in [0.1, 0.15) is 6.61 Å². The fourth-order valence-corrected chi connectivity index (χ4v) is 2.68. The quantitative estimate of drug-likeness (QED) is 0.591. The fraction of sp³-hybridized carbons (Fsp3) is 0.350. The Labute approximate surface area is 163 Å². The Balaban J connectivity index is 1.95. The Morgan fingerprint density at radius 1 is 0.929 bits per heavy atom. The lowest BCUT2D eigenvalue weighted by molar-refractivity contribution is 0.0546. The van der Waals surface area contributed by atoms with Gasteiger partial charge >= 0.3 is 0 Å². The third kappa shape index (κ3) is 4.40. The zero-order valence-corrected chi connectivity index (χ0v) is 16.4. The molecule has 0 fully saturated rings. The van der Waals surface area contributed by atoms with E-state index in [2.05, 4.69) is 15.0 Å². The first-order valence-electron chi connectivity index (χ1n) is 8.93. The molecule has 0 unspecified atom stereocenters. The van der Waals surface area contributed by atoms with E-state index in [1.165, 1.54) is 0 Å². The second kappa shape index (κ2) is 8.71. The van der Waals surface area contributed by atoms with Gasteiger partial charge in [-0.05, 0) is 44.2 Å². The maximum atomic E-state index is 5.80. The summed E-state index contributed by atoms with van der Waals surface area (Å²) >= 11 is 0. The van der Waals surface area contributed by atoms with E-state index in [0.29, 0.717) is 41.6 Å². The molecule has 148 valence electrons. The predicted octanol–water partition coefficient (Wildman–Crippen LogP) is 3.10. The molecule has 3 rings (SSSR count). The maximum absolute atomic E-state index is 5.80. The van der Waals surface area contributed by atoms with E-state index in [9.17, 15) is 0 Å². The second-order valence-corrected chi connectivity index (χ2v) is 6.29. The smallest absolute Gasteiger partial charge is 0.245 e. The molecule has 0 saturated heterocycles. The Bertz CT molecular complexity index is 962. The first kappa shape index (κ1) is 19.6. The number of pyridine rings is 1. The van der Waals surface area contributed by atoms with Gasteiger partial charge in [0.25, 0.3) is 0 Å². The minimum Gasteiger partial charge on any atom is -0.493 e. The number of fused-ring (bicyclic) bond motifs is 1. The van der Waals surface area contributed by atoms with Crippen LogP contribution in [0.5, 0.6) is 17.4 Å². The van der Waals surface area contributed by atoms with Crippen LogP contribution in [-0.4, -0.2) is 48.5 Å². The third-order valence-electron chi connectivity index (χ3n) is 3.98. The normalized spacial score (nSPS) is 11.0.